The summed E-state index contributed by atoms with van der Waals surface area (Å²) in [4.78, 5) is 3.97. The summed E-state index contributed by atoms with van der Waals surface area (Å²) < 4.78 is 26.0. The molecule has 1 heterocycles. The average Bonchev–Trinajstić information content (AvgIpc) is 2.36. The molecule has 0 aliphatic carbocycles. The smallest absolute Gasteiger partial charge is 0.243 e. The number of nitrogens with zero attached hydrogens (tertiary/aromatic N) is 2. The highest BCUT2D eigenvalue weighted by Crippen LogP contribution is 2.18. The summed E-state index contributed by atoms with van der Waals surface area (Å²) >= 11 is 5.65. The third-order valence-electron chi connectivity index (χ3n) is 3.13. The third kappa shape index (κ3) is 3.22. The molecule has 0 saturated heterocycles. The van der Waals surface area contributed by atoms with Crippen LogP contribution in [0.25, 0.3) is 0 Å². The van der Waals surface area contributed by atoms with Crippen LogP contribution in [0.2, 0.25) is 0 Å². The van der Waals surface area contributed by atoms with Crippen molar-refractivity contribution in [2.45, 2.75) is 37.7 Å². The van der Waals surface area contributed by atoms with E-state index in [1.807, 2.05) is 20.8 Å². The van der Waals surface area contributed by atoms with E-state index in [2.05, 4.69) is 4.98 Å². The van der Waals surface area contributed by atoms with Gasteiger partial charge in [-0.2, -0.15) is 4.31 Å². The van der Waals surface area contributed by atoms with Crippen LogP contribution < -0.4 is 0 Å². The lowest BCUT2D eigenvalue weighted by molar-refractivity contribution is 0.315. The molecule has 1 atom stereocenters. The first-order valence-electron chi connectivity index (χ1n) is 5.79. The Morgan fingerprint density at radius 1 is 1.33 bits per heavy atom. The topological polar surface area (TPSA) is 50.3 Å². The van der Waals surface area contributed by atoms with Gasteiger partial charge in [0, 0.05) is 25.2 Å². The molecule has 0 N–H and O–H groups in total. The second kappa shape index (κ2) is 5.99. The van der Waals surface area contributed by atoms with Crippen LogP contribution in [0.15, 0.2) is 23.4 Å². The zero-order chi connectivity index (χ0) is 13.9. The van der Waals surface area contributed by atoms with E-state index in [1.165, 1.54) is 16.6 Å². The first kappa shape index (κ1) is 15.4. The van der Waals surface area contributed by atoms with Crippen LogP contribution in [-0.4, -0.2) is 30.8 Å². The van der Waals surface area contributed by atoms with Gasteiger partial charge in [0.1, 0.15) is 0 Å². The van der Waals surface area contributed by atoms with Crippen molar-refractivity contribution >= 4 is 21.6 Å². The van der Waals surface area contributed by atoms with E-state index in [0.29, 0.717) is 5.88 Å². The van der Waals surface area contributed by atoms with Crippen LogP contribution in [0.4, 0.5) is 0 Å². The SMILES string of the molecule is CC(C)C(C)N(C)S(=O)(=O)c1ccc(CCl)cn1. The number of hydrogen-bond donors (Lipinski definition) is 0. The zero-order valence-corrected chi connectivity index (χ0v) is 12.7. The van der Waals surface area contributed by atoms with Gasteiger partial charge in [-0.3, -0.25) is 0 Å². The summed E-state index contributed by atoms with van der Waals surface area (Å²) in [5.74, 6) is 0.567. The maximum Gasteiger partial charge on any atom is 0.260 e. The van der Waals surface area contributed by atoms with Gasteiger partial charge in [-0.25, -0.2) is 13.4 Å². The Morgan fingerprint density at radius 3 is 2.33 bits per heavy atom. The van der Waals surface area contributed by atoms with Crippen molar-refractivity contribution in [3.05, 3.63) is 23.9 Å². The van der Waals surface area contributed by atoms with Gasteiger partial charge in [0.05, 0.1) is 0 Å². The Labute approximate surface area is 114 Å². The minimum Gasteiger partial charge on any atom is -0.243 e. The summed E-state index contributed by atoms with van der Waals surface area (Å²) in [6.45, 7) is 5.86. The van der Waals surface area contributed by atoms with Gasteiger partial charge in [-0.1, -0.05) is 19.9 Å². The van der Waals surface area contributed by atoms with E-state index in [-0.39, 0.29) is 17.0 Å². The summed E-state index contributed by atoms with van der Waals surface area (Å²) in [6.07, 6.45) is 1.49. The summed E-state index contributed by atoms with van der Waals surface area (Å²) in [7, 11) is -1.95. The van der Waals surface area contributed by atoms with Crippen molar-refractivity contribution in [1.29, 1.82) is 0 Å². The standard InChI is InChI=1S/C12H19ClN2O2S/c1-9(2)10(3)15(4)18(16,17)12-6-5-11(7-13)8-14-12/h5-6,8-10H,7H2,1-4H3. The molecule has 102 valence electrons. The van der Waals surface area contributed by atoms with Crippen molar-refractivity contribution in [2.24, 2.45) is 5.92 Å². The molecule has 0 aliphatic heterocycles. The largest absolute Gasteiger partial charge is 0.260 e. The minimum atomic E-state index is -3.53. The van der Waals surface area contributed by atoms with Gasteiger partial charge < -0.3 is 0 Å². The summed E-state index contributed by atoms with van der Waals surface area (Å²) in [6, 6.07) is 3.10. The van der Waals surface area contributed by atoms with E-state index < -0.39 is 10.0 Å². The maximum absolute atomic E-state index is 12.3. The highest BCUT2D eigenvalue weighted by Gasteiger charge is 2.27. The van der Waals surface area contributed by atoms with Crippen LogP contribution in [-0.2, 0) is 15.9 Å². The molecule has 6 heteroatoms. The van der Waals surface area contributed by atoms with Gasteiger partial charge in [0.2, 0.25) is 0 Å². The van der Waals surface area contributed by atoms with Gasteiger partial charge in [0.15, 0.2) is 5.03 Å². The van der Waals surface area contributed by atoms with Crippen molar-refractivity contribution in [1.82, 2.24) is 9.29 Å². The van der Waals surface area contributed by atoms with Gasteiger partial charge in [-0.05, 0) is 24.5 Å². The highest BCUT2D eigenvalue weighted by molar-refractivity contribution is 7.89. The molecular formula is C12H19ClN2O2S. The predicted molar refractivity (Wildman–Crippen MR) is 73.0 cm³/mol. The zero-order valence-electron chi connectivity index (χ0n) is 11.1. The van der Waals surface area contributed by atoms with Crippen LogP contribution in [0.5, 0.6) is 0 Å². The van der Waals surface area contributed by atoms with E-state index in [1.54, 1.807) is 13.1 Å². The van der Waals surface area contributed by atoms with E-state index >= 15 is 0 Å². The van der Waals surface area contributed by atoms with Crippen LogP contribution in [0, 0.1) is 5.92 Å². The van der Waals surface area contributed by atoms with Gasteiger partial charge in [-0.15, -0.1) is 11.6 Å². The molecule has 1 aromatic rings. The molecule has 0 radical (unpaired) electrons. The van der Waals surface area contributed by atoms with Crippen LogP contribution >= 0.6 is 11.6 Å². The molecule has 18 heavy (non-hydrogen) atoms. The van der Waals surface area contributed by atoms with Gasteiger partial charge in [0.25, 0.3) is 10.0 Å². The van der Waals surface area contributed by atoms with E-state index in [4.69, 9.17) is 11.6 Å². The first-order valence-corrected chi connectivity index (χ1v) is 7.77. The molecule has 1 unspecified atom stereocenters. The Morgan fingerprint density at radius 2 is 1.94 bits per heavy atom. The quantitative estimate of drug-likeness (QED) is 0.783. The lowest BCUT2D eigenvalue weighted by Crippen LogP contribution is -2.38. The molecule has 0 bridgehead atoms. The van der Waals surface area contributed by atoms with Crippen molar-refractivity contribution in [3.8, 4) is 0 Å². The monoisotopic (exact) mass is 290 g/mol. The second-order valence-electron chi connectivity index (χ2n) is 4.64. The Balaban J connectivity index is 3.05. The number of halogens is 1. The first-order chi connectivity index (χ1) is 8.30. The molecule has 0 amide bonds. The Bertz CT molecular complexity index is 485. The second-order valence-corrected chi connectivity index (χ2v) is 6.86. The number of sulfonamides is 1. The average molecular weight is 291 g/mol. The number of aromatic nitrogens is 1. The predicted octanol–water partition coefficient (Wildman–Crippen LogP) is 2.49. The van der Waals surface area contributed by atoms with E-state index in [9.17, 15) is 8.42 Å². The fourth-order valence-corrected chi connectivity index (χ4v) is 2.99. The van der Waals surface area contributed by atoms with Crippen molar-refractivity contribution in [2.75, 3.05) is 7.05 Å². The Kier molecular flexibility index (Phi) is 5.13. The molecule has 0 fully saturated rings. The number of alkyl halides is 1. The number of pyridine rings is 1. The van der Waals surface area contributed by atoms with E-state index in [0.717, 1.165) is 5.56 Å². The normalized spacial score (nSPS) is 14.2. The molecule has 0 saturated carbocycles. The number of hydrogen-bond acceptors (Lipinski definition) is 3. The highest BCUT2D eigenvalue weighted by atomic mass is 35.5. The van der Waals surface area contributed by atoms with Crippen LogP contribution in [0.3, 0.4) is 0 Å². The molecule has 4 nitrogen and oxygen atoms in total. The molecule has 1 rings (SSSR count). The number of rotatable bonds is 5. The molecular weight excluding hydrogens is 272 g/mol. The fraction of sp³-hybridized carbons (Fsp3) is 0.583. The Hall–Kier alpha value is -0.650. The fourth-order valence-electron chi connectivity index (χ4n) is 1.43. The molecule has 1 aromatic heterocycles. The maximum atomic E-state index is 12.3. The molecule has 0 spiro atoms. The van der Waals surface area contributed by atoms with Gasteiger partial charge >= 0.3 is 0 Å². The van der Waals surface area contributed by atoms with Crippen molar-refractivity contribution < 1.29 is 8.42 Å². The third-order valence-corrected chi connectivity index (χ3v) is 5.30. The molecule has 0 aliphatic rings. The van der Waals surface area contributed by atoms with Crippen molar-refractivity contribution in [3.63, 3.8) is 0 Å². The molecule has 0 aromatic carbocycles. The van der Waals surface area contributed by atoms with Crippen LogP contribution in [0.1, 0.15) is 26.3 Å². The summed E-state index contributed by atoms with van der Waals surface area (Å²) in [5, 5.41) is 0.0615. The minimum absolute atomic E-state index is 0.0615. The summed E-state index contributed by atoms with van der Waals surface area (Å²) in [5.41, 5.74) is 0.801. The lowest BCUT2D eigenvalue weighted by Gasteiger charge is -2.26. The lowest BCUT2D eigenvalue weighted by atomic mass is 10.1.